The first-order valence-corrected chi connectivity index (χ1v) is 12.6. The van der Waals surface area contributed by atoms with E-state index in [1.54, 1.807) is 34.8 Å². The van der Waals surface area contributed by atoms with Crippen molar-refractivity contribution in [1.82, 2.24) is 10.2 Å². The summed E-state index contributed by atoms with van der Waals surface area (Å²) < 4.78 is 5.90. The molecule has 5 aromatic rings. The number of aromatic nitrogens is 2. The summed E-state index contributed by atoms with van der Waals surface area (Å²) in [5.41, 5.74) is 2.69. The van der Waals surface area contributed by atoms with E-state index < -0.39 is 0 Å². The van der Waals surface area contributed by atoms with Crippen molar-refractivity contribution >= 4 is 45.9 Å². The van der Waals surface area contributed by atoms with Gasteiger partial charge in [0.15, 0.2) is 0 Å². The van der Waals surface area contributed by atoms with Crippen molar-refractivity contribution in [3.63, 3.8) is 0 Å². The Morgan fingerprint density at radius 1 is 0.686 bits per heavy atom. The zero-order valence-electron chi connectivity index (χ0n) is 18.4. The normalized spacial score (nSPS) is 10.7. The third kappa shape index (κ3) is 5.89. The van der Waals surface area contributed by atoms with E-state index in [0.717, 1.165) is 9.75 Å². The Balaban J connectivity index is 1.27. The number of thiophene rings is 2. The standard InChI is InChI=1S/C26H20N4O3S2/c31-23(15-21-9-3-11-34-21)27-19-7-1-5-17(13-19)25-29-30-26(33-25)18-6-2-8-20(14-18)28-24(32)16-22-10-4-12-35-22/h1-14H,15-16H2,(H,27,31)(H,28,32). The molecule has 2 N–H and O–H groups in total. The first-order chi connectivity index (χ1) is 17.1. The second-order valence-electron chi connectivity index (χ2n) is 7.68. The Morgan fingerprint density at radius 2 is 1.17 bits per heavy atom. The third-order valence-electron chi connectivity index (χ3n) is 5.04. The Kier molecular flexibility index (Phi) is 6.78. The highest BCUT2D eigenvalue weighted by Crippen LogP contribution is 2.27. The van der Waals surface area contributed by atoms with Gasteiger partial charge in [0.05, 0.1) is 12.8 Å². The van der Waals surface area contributed by atoms with Crippen LogP contribution in [0.2, 0.25) is 0 Å². The van der Waals surface area contributed by atoms with Crippen LogP contribution in [0.1, 0.15) is 9.75 Å². The minimum Gasteiger partial charge on any atom is -0.416 e. The van der Waals surface area contributed by atoms with Crippen molar-refractivity contribution in [3.8, 4) is 22.9 Å². The number of amides is 2. The maximum atomic E-state index is 12.3. The van der Waals surface area contributed by atoms with Crippen LogP contribution in [-0.4, -0.2) is 22.0 Å². The monoisotopic (exact) mass is 500 g/mol. The van der Waals surface area contributed by atoms with Gasteiger partial charge in [0.25, 0.3) is 0 Å². The van der Waals surface area contributed by atoms with Gasteiger partial charge >= 0.3 is 0 Å². The molecular weight excluding hydrogens is 480 g/mol. The molecule has 3 heterocycles. The maximum Gasteiger partial charge on any atom is 0.248 e. The van der Waals surface area contributed by atoms with E-state index in [9.17, 15) is 9.59 Å². The van der Waals surface area contributed by atoms with Crippen LogP contribution in [0, 0.1) is 0 Å². The Hall–Kier alpha value is -4.08. The van der Waals surface area contributed by atoms with Gasteiger partial charge in [0.2, 0.25) is 23.6 Å². The summed E-state index contributed by atoms with van der Waals surface area (Å²) in [6, 6.07) is 22.3. The van der Waals surface area contributed by atoms with Crippen LogP contribution in [0.3, 0.4) is 0 Å². The molecule has 0 atom stereocenters. The lowest BCUT2D eigenvalue weighted by Crippen LogP contribution is -2.13. The highest BCUT2D eigenvalue weighted by atomic mass is 32.1. The highest BCUT2D eigenvalue weighted by molar-refractivity contribution is 7.10. The molecule has 2 amide bonds. The number of benzene rings is 2. The van der Waals surface area contributed by atoms with Gasteiger partial charge in [-0.1, -0.05) is 24.3 Å². The molecule has 174 valence electrons. The smallest absolute Gasteiger partial charge is 0.248 e. The SMILES string of the molecule is O=C(Cc1cccs1)Nc1cccc(-c2nnc(-c3cccc(NC(=O)Cc4cccs4)c3)o2)c1. The van der Waals surface area contributed by atoms with E-state index in [2.05, 4.69) is 20.8 Å². The predicted molar refractivity (Wildman–Crippen MR) is 138 cm³/mol. The van der Waals surface area contributed by atoms with Crippen molar-refractivity contribution in [2.24, 2.45) is 0 Å². The van der Waals surface area contributed by atoms with E-state index in [0.29, 0.717) is 47.1 Å². The van der Waals surface area contributed by atoms with Gasteiger partial charge in [-0.3, -0.25) is 9.59 Å². The number of nitrogens with one attached hydrogen (secondary N) is 2. The maximum absolute atomic E-state index is 12.3. The molecule has 35 heavy (non-hydrogen) atoms. The quantitative estimate of drug-likeness (QED) is 0.277. The summed E-state index contributed by atoms with van der Waals surface area (Å²) in [5, 5.41) is 18.1. The average molecular weight is 501 g/mol. The average Bonchev–Trinajstić information content (AvgIpc) is 3.63. The first kappa shape index (κ1) is 22.7. The summed E-state index contributed by atoms with van der Waals surface area (Å²) in [6.45, 7) is 0. The van der Waals surface area contributed by atoms with Gasteiger partial charge in [-0.2, -0.15) is 0 Å². The molecule has 9 heteroatoms. The summed E-state index contributed by atoms with van der Waals surface area (Å²) in [5.74, 6) is 0.491. The molecule has 0 saturated heterocycles. The second-order valence-corrected chi connectivity index (χ2v) is 9.75. The fraction of sp³-hybridized carbons (Fsp3) is 0.0769. The lowest BCUT2D eigenvalue weighted by Gasteiger charge is -2.06. The van der Waals surface area contributed by atoms with E-state index in [-0.39, 0.29) is 11.8 Å². The Morgan fingerprint density at radius 3 is 1.60 bits per heavy atom. The fourth-order valence-electron chi connectivity index (χ4n) is 3.47. The molecule has 0 radical (unpaired) electrons. The molecule has 0 fully saturated rings. The van der Waals surface area contributed by atoms with Gasteiger partial charge < -0.3 is 15.1 Å². The lowest BCUT2D eigenvalue weighted by molar-refractivity contribution is -0.116. The third-order valence-corrected chi connectivity index (χ3v) is 6.79. The van der Waals surface area contributed by atoms with Crippen molar-refractivity contribution < 1.29 is 14.0 Å². The molecule has 3 aromatic heterocycles. The summed E-state index contributed by atoms with van der Waals surface area (Å²) in [4.78, 5) is 26.7. The number of nitrogens with zero attached hydrogens (tertiary/aromatic N) is 2. The van der Waals surface area contributed by atoms with Crippen LogP contribution in [0.5, 0.6) is 0 Å². The zero-order chi connectivity index (χ0) is 24.0. The molecule has 0 unspecified atom stereocenters. The number of hydrogen-bond acceptors (Lipinski definition) is 7. The molecule has 7 nitrogen and oxygen atoms in total. The predicted octanol–water partition coefficient (Wildman–Crippen LogP) is 5.89. The largest absolute Gasteiger partial charge is 0.416 e. The second kappa shape index (κ2) is 10.5. The summed E-state index contributed by atoms with van der Waals surface area (Å²) in [6.07, 6.45) is 0.652. The van der Waals surface area contributed by atoms with Crippen LogP contribution >= 0.6 is 22.7 Å². The molecule has 0 saturated carbocycles. The molecule has 5 rings (SSSR count). The molecule has 0 aliphatic heterocycles. The number of carbonyl (C=O) groups is 2. The first-order valence-electron chi connectivity index (χ1n) is 10.8. The van der Waals surface area contributed by atoms with Gasteiger partial charge in [0.1, 0.15) is 0 Å². The van der Waals surface area contributed by atoms with E-state index in [4.69, 9.17) is 4.42 Å². The van der Waals surface area contributed by atoms with Crippen LogP contribution in [0.15, 0.2) is 88.0 Å². The van der Waals surface area contributed by atoms with Crippen molar-refractivity contribution in [1.29, 1.82) is 0 Å². The van der Waals surface area contributed by atoms with Gasteiger partial charge in [-0.15, -0.1) is 32.9 Å². The van der Waals surface area contributed by atoms with Crippen LogP contribution in [0.25, 0.3) is 22.9 Å². The van der Waals surface area contributed by atoms with E-state index in [1.807, 2.05) is 71.4 Å². The number of rotatable bonds is 8. The number of anilines is 2. The molecule has 0 aliphatic rings. The van der Waals surface area contributed by atoms with Crippen LogP contribution in [0.4, 0.5) is 11.4 Å². The summed E-state index contributed by atoms with van der Waals surface area (Å²) in [7, 11) is 0. The molecule has 0 aliphatic carbocycles. The molecule has 0 spiro atoms. The number of hydrogen-bond donors (Lipinski definition) is 2. The number of carbonyl (C=O) groups excluding carboxylic acids is 2. The van der Waals surface area contributed by atoms with Crippen molar-refractivity contribution in [2.75, 3.05) is 10.6 Å². The van der Waals surface area contributed by atoms with Crippen LogP contribution < -0.4 is 10.6 Å². The van der Waals surface area contributed by atoms with Crippen molar-refractivity contribution in [2.45, 2.75) is 12.8 Å². The Bertz CT molecular complexity index is 1330. The zero-order valence-corrected chi connectivity index (χ0v) is 20.1. The van der Waals surface area contributed by atoms with Gasteiger partial charge in [0, 0.05) is 32.3 Å². The van der Waals surface area contributed by atoms with E-state index >= 15 is 0 Å². The van der Waals surface area contributed by atoms with Gasteiger partial charge in [-0.25, -0.2) is 0 Å². The van der Waals surface area contributed by atoms with Crippen LogP contribution in [-0.2, 0) is 22.4 Å². The topological polar surface area (TPSA) is 97.1 Å². The molecule has 0 bridgehead atoms. The minimum absolute atomic E-state index is 0.0891. The van der Waals surface area contributed by atoms with E-state index in [1.165, 1.54) is 0 Å². The molecular formula is C26H20N4O3S2. The lowest BCUT2D eigenvalue weighted by atomic mass is 10.2. The van der Waals surface area contributed by atoms with Gasteiger partial charge in [-0.05, 0) is 59.3 Å². The minimum atomic E-state index is -0.0891. The summed E-state index contributed by atoms with van der Waals surface area (Å²) >= 11 is 3.10. The highest BCUT2D eigenvalue weighted by Gasteiger charge is 2.13. The molecule has 2 aromatic carbocycles. The van der Waals surface area contributed by atoms with Crippen molar-refractivity contribution in [3.05, 3.63) is 93.3 Å². The Labute approximate surface area is 209 Å². The fourth-order valence-corrected chi connectivity index (χ4v) is 4.88.